The molecule has 1 aromatic heterocycles. The highest BCUT2D eigenvalue weighted by molar-refractivity contribution is 5.15. The van der Waals surface area contributed by atoms with Gasteiger partial charge in [0.15, 0.2) is 0 Å². The van der Waals surface area contributed by atoms with Crippen molar-refractivity contribution in [2.45, 2.75) is 51.0 Å². The van der Waals surface area contributed by atoms with E-state index in [1.165, 1.54) is 57.4 Å². The highest BCUT2D eigenvalue weighted by atomic mass is 15.2. The maximum Gasteiger partial charge on any atom is 0.0948 e. The van der Waals surface area contributed by atoms with Crippen molar-refractivity contribution in [3.05, 3.63) is 18.2 Å². The quantitative estimate of drug-likeness (QED) is 0.913. The summed E-state index contributed by atoms with van der Waals surface area (Å²) in [5.41, 5.74) is 1.75. The Labute approximate surface area is 122 Å². The predicted octanol–water partition coefficient (Wildman–Crippen LogP) is 2.01. The summed E-state index contributed by atoms with van der Waals surface area (Å²) in [7, 11) is 0. The highest BCUT2D eigenvalue weighted by Crippen LogP contribution is 2.32. The summed E-state index contributed by atoms with van der Waals surface area (Å²) in [6.45, 7) is 9.51. The average molecular weight is 276 g/mol. The number of likely N-dealkylation sites (tertiary alicyclic amines) is 1. The summed E-state index contributed by atoms with van der Waals surface area (Å²) in [6.07, 6.45) is 10.7. The van der Waals surface area contributed by atoms with Gasteiger partial charge in [-0.2, -0.15) is 0 Å². The SMILES string of the molecule is CC1(c2cncn2CCN2CCCCC2)CCNCC1. The molecule has 0 spiro atoms. The van der Waals surface area contributed by atoms with Gasteiger partial charge in [0.1, 0.15) is 0 Å². The molecule has 2 aliphatic heterocycles. The van der Waals surface area contributed by atoms with Crippen LogP contribution in [0.25, 0.3) is 0 Å². The molecule has 1 N–H and O–H groups in total. The Balaban J connectivity index is 1.63. The Kier molecular flexibility index (Phi) is 4.41. The lowest BCUT2D eigenvalue weighted by atomic mass is 9.78. The first-order chi connectivity index (χ1) is 9.78. The zero-order valence-corrected chi connectivity index (χ0v) is 12.8. The first kappa shape index (κ1) is 14.1. The topological polar surface area (TPSA) is 33.1 Å². The molecule has 0 atom stereocenters. The summed E-state index contributed by atoms with van der Waals surface area (Å²) in [4.78, 5) is 7.04. The van der Waals surface area contributed by atoms with E-state index in [9.17, 15) is 0 Å². The fraction of sp³-hybridized carbons (Fsp3) is 0.812. The van der Waals surface area contributed by atoms with Crippen LogP contribution in [-0.4, -0.2) is 47.2 Å². The number of nitrogens with zero attached hydrogens (tertiary/aromatic N) is 3. The van der Waals surface area contributed by atoms with Crippen LogP contribution in [0.15, 0.2) is 12.5 Å². The van der Waals surface area contributed by atoms with E-state index in [4.69, 9.17) is 0 Å². The Hall–Kier alpha value is -0.870. The molecule has 2 aliphatic rings. The molecule has 4 heteroatoms. The molecule has 0 aromatic carbocycles. The number of aromatic nitrogens is 2. The standard InChI is InChI=1S/C16H28N4/c1-16(5-7-17-8-6-16)15-13-18-14-20(15)12-11-19-9-3-2-4-10-19/h13-14,17H,2-12H2,1H3. The zero-order valence-electron chi connectivity index (χ0n) is 12.8. The molecule has 4 nitrogen and oxygen atoms in total. The van der Waals surface area contributed by atoms with E-state index in [0.717, 1.165) is 19.6 Å². The number of hydrogen-bond acceptors (Lipinski definition) is 3. The van der Waals surface area contributed by atoms with Crippen molar-refractivity contribution in [1.82, 2.24) is 19.8 Å². The summed E-state index contributed by atoms with van der Waals surface area (Å²) >= 11 is 0. The number of nitrogens with one attached hydrogen (secondary N) is 1. The van der Waals surface area contributed by atoms with Crippen molar-refractivity contribution in [2.24, 2.45) is 0 Å². The van der Waals surface area contributed by atoms with Gasteiger partial charge in [-0.25, -0.2) is 4.98 Å². The molecule has 0 radical (unpaired) electrons. The maximum atomic E-state index is 4.43. The lowest BCUT2D eigenvalue weighted by Crippen LogP contribution is -2.39. The van der Waals surface area contributed by atoms with Crippen LogP contribution >= 0.6 is 0 Å². The molecule has 0 unspecified atom stereocenters. The molecule has 1 aromatic rings. The summed E-state index contributed by atoms with van der Waals surface area (Å²) in [5.74, 6) is 0. The van der Waals surface area contributed by atoms with Crippen molar-refractivity contribution in [3.63, 3.8) is 0 Å². The molecule has 112 valence electrons. The Morgan fingerprint density at radius 1 is 1.15 bits per heavy atom. The second kappa shape index (κ2) is 6.27. The van der Waals surface area contributed by atoms with E-state index in [-0.39, 0.29) is 0 Å². The molecule has 20 heavy (non-hydrogen) atoms. The minimum absolute atomic E-state index is 0.309. The maximum absolute atomic E-state index is 4.43. The van der Waals surface area contributed by atoms with Crippen molar-refractivity contribution in [1.29, 1.82) is 0 Å². The van der Waals surface area contributed by atoms with Gasteiger partial charge in [-0.05, 0) is 51.9 Å². The minimum Gasteiger partial charge on any atom is -0.333 e. The van der Waals surface area contributed by atoms with Gasteiger partial charge in [0.05, 0.1) is 6.33 Å². The van der Waals surface area contributed by atoms with Gasteiger partial charge in [-0.3, -0.25) is 0 Å². The second-order valence-electron chi connectivity index (χ2n) is 6.69. The fourth-order valence-electron chi connectivity index (χ4n) is 3.67. The molecule has 3 heterocycles. The Morgan fingerprint density at radius 3 is 2.65 bits per heavy atom. The van der Waals surface area contributed by atoms with Crippen LogP contribution in [0.1, 0.15) is 44.7 Å². The van der Waals surface area contributed by atoms with Crippen LogP contribution in [-0.2, 0) is 12.0 Å². The first-order valence-electron chi connectivity index (χ1n) is 8.22. The number of hydrogen-bond donors (Lipinski definition) is 1. The fourth-order valence-corrected chi connectivity index (χ4v) is 3.67. The van der Waals surface area contributed by atoms with Crippen molar-refractivity contribution in [3.8, 4) is 0 Å². The monoisotopic (exact) mass is 276 g/mol. The summed E-state index contributed by atoms with van der Waals surface area (Å²) in [5, 5.41) is 3.47. The summed E-state index contributed by atoms with van der Waals surface area (Å²) in [6, 6.07) is 0. The predicted molar refractivity (Wildman–Crippen MR) is 82.0 cm³/mol. The van der Waals surface area contributed by atoms with E-state index >= 15 is 0 Å². The zero-order chi connectivity index (χ0) is 13.8. The van der Waals surface area contributed by atoms with E-state index in [1.54, 1.807) is 0 Å². The van der Waals surface area contributed by atoms with Crippen LogP contribution in [0.5, 0.6) is 0 Å². The van der Waals surface area contributed by atoms with Crippen molar-refractivity contribution in [2.75, 3.05) is 32.7 Å². The molecular weight excluding hydrogens is 248 g/mol. The van der Waals surface area contributed by atoms with Gasteiger partial charge in [-0.15, -0.1) is 0 Å². The normalized spacial score (nSPS) is 23.9. The number of rotatable bonds is 4. The first-order valence-corrected chi connectivity index (χ1v) is 8.22. The molecule has 2 saturated heterocycles. The molecule has 0 saturated carbocycles. The van der Waals surface area contributed by atoms with Crippen LogP contribution in [0.3, 0.4) is 0 Å². The third kappa shape index (κ3) is 3.07. The molecule has 2 fully saturated rings. The van der Waals surface area contributed by atoms with Gasteiger partial charge < -0.3 is 14.8 Å². The number of piperidine rings is 2. The lowest BCUT2D eigenvalue weighted by Gasteiger charge is -2.35. The highest BCUT2D eigenvalue weighted by Gasteiger charge is 2.31. The van der Waals surface area contributed by atoms with Gasteiger partial charge in [0, 0.05) is 30.4 Å². The van der Waals surface area contributed by atoms with Crippen molar-refractivity contribution >= 4 is 0 Å². The molecule has 3 rings (SSSR count). The average Bonchev–Trinajstić information content (AvgIpc) is 2.96. The van der Waals surface area contributed by atoms with E-state index in [1.807, 2.05) is 6.33 Å². The Morgan fingerprint density at radius 2 is 1.90 bits per heavy atom. The molecule has 0 bridgehead atoms. The van der Waals surface area contributed by atoms with Crippen LogP contribution in [0, 0.1) is 0 Å². The van der Waals surface area contributed by atoms with E-state index in [2.05, 4.69) is 32.9 Å². The van der Waals surface area contributed by atoms with Crippen LogP contribution in [0.4, 0.5) is 0 Å². The van der Waals surface area contributed by atoms with Gasteiger partial charge in [0.2, 0.25) is 0 Å². The van der Waals surface area contributed by atoms with E-state index in [0.29, 0.717) is 5.41 Å². The van der Waals surface area contributed by atoms with Gasteiger partial charge in [-0.1, -0.05) is 13.3 Å². The lowest BCUT2D eigenvalue weighted by molar-refractivity contribution is 0.217. The molecular formula is C16H28N4. The molecule has 0 aliphatic carbocycles. The molecule has 0 amide bonds. The van der Waals surface area contributed by atoms with Crippen LogP contribution in [0.2, 0.25) is 0 Å². The van der Waals surface area contributed by atoms with Crippen LogP contribution < -0.4 is 5.32 Å². The van der Waals surface area contributed by atoms with Crippen molar-refractivity contribution < 1.29 is 0 Å². The smallest absolute Gasteiger partial charge is 0.0948 e. The largest absolute Gasteiger partial charge is 0.333 e. The number of imidazole rings is 1. The van der Waals surface area contributed by atoms with Gasteiger partial charge in [0.25, 0.3) is 0 Å². The third-order valence-corrected chi connectivity index (χ3v) is 5.14. The third-order valence-electron chi connectivity index (χ3n) is 5.14. The summed E-state index contributed by atoms with van der Waals surface area (Å²) < 4.78 is 2.40. The minimum atomic E-state index is 0.309. The van der Waals surface area contributed by atoms with E-state index < -0.39 is 0 Å². The Bertz CT molecular complexity index is 414. The van der Waals surface area contributed by atoms with Gasteiger partial charge >= 0.3 is 0 Å². The second-order valence-corrected chi connectivity index (χ2v) is 6.69.